The van der Waals surface area contributed by atoms with Gasteiger partial charge in [0, 0.05) is 11.3 Å². The van der Waals surface area contributed by atoms with Crippen molar-refractivity contribution < 1.29 is 4.39 Å². The molecule has 1 heterocycles. The Morgan fingerprint density at radius 3 is 2.71 bits per heavy atom. The van der Waals surface area contributed by atoms with Crippen LogP contribution in [0.3, 0.4) is 0 Å². The van der Waals surface area contributed by atoms with E-state index in [0.717, 1.165) is 10.4 Å². The van der Waals surface area contributed by atoms with Crippen molar-refractivity contribution >= 4 is 11.6 Å². The lowest BCUT2D eigenvalue weighted by molar-refractivity contribution is 0.607. The molecule has 0 aliphatic rings. The predicted octanol–water partition coefficient (Wildman–Crippen LogP) is 2.83. The van der Waals surface area contributed by atoms with Gasteiger partial charge in [-0.25, -0.2) is 9.07 Å². The third-order valence-electron chi connectivity index (χ3n) is 2.74. The van der Waals surface area contributed by atoms with Crippen LogP contribution < -0.4 is 5.56 Å². The Balaban J connectivity index is 2.74. The van der Waals surface area contributed by atoms with E-state index in [2.05, 4.69) is 5.10 Å². The summed E-state index contributed by atoms with van der Waals surface area (Å²) in [5.41, 5.74) is 1.18. The second kappa shape index (κ2) is 4.37. The topological polar surface area (TPSA) is 37.8 Å². The van der Waals surface area contributed by atoms with E-state index < -0.39 is 5.82 Å². The molecule has 2 aromatic rings. The molecule has 5 heteroatoms. The van der Waals surface area contributed by atoms with E-state index in [4.69, 9.17) is 11.6 Å². The highest BCUT2D eigenvalue weighted by atomic mass is 35.5. The van der Waals surface area contributed by atoms with Gasteiger partial charge in [-0.2, -0.15) is 0 Å². The molecule has 0 aliphatic carbocycles. The van der Waals surface area contributed by atoms with Gasteiger partial charge in [0.15, 0.2) is 0 Å². The lowest BCUT2D eigenvalue weighted by Gasteiger charge is -2.05. The van der Waals surface area contributed by atoms with Gasteiger partial charge in [0.25, 0.3) is 5.56 Å². The molecule has 2 rings (SSSR count). The fourth-order valence-electron chi connectivity index (χ4n) is 1.77. The number of rotatable bonds is 2. The molecule has 0 unspecified atom stereocenters. The van der Waals surface area contributed by atoms with Crippen molar-refractivity contribution in [2.75, 3.05) is 0 Å². The maximum absolute atomic E-state index is 13.7. The number of para-hydroxylation sites is 1. The number of aromatic amines is 1. The van der Waals surface area contributed by atoms with Crippen LogP contribution in [0.2, 0.25) is 5.02 Å². The Bertz CT molecular complexity index is 595. The number of nitrogens with one attached hydrogen (secondary N) is 1. The summed E-state index contributed by atoms with van der Waals surface area (Å²) in [5, 5.41) is 3.08. The largest absolute Gasteiger partial charge is 0.295 e. The Morgan fingerprint density at radius 1 is 1.47 bits per heavy atom. The van der Waals surface area contributed by atoms with Crippen LogP contribution in [0.5, 0.6) is 0 Å². The number of aromatic nitrogens is 2. The minimum absolute atomic E-state index is 0.0713. The van der Waals surface area contributed by atoms with Gasteiger partial charge in [-0.05, 0) is 25.5 Å². The molecule has 0 bridgehead atoms. The lowest BCUT2D eigenvalue weighted by Crippen LogP contribution is -2.17. The summed E-state index contributed by atoms with van der Waals surface area (Å²) < 4.78 is 14.9. The maximum atomic E-state index is 13.7. The first-order valence-electron chi connectivity index (χ1n) is 5.31. The third-order valence-corrected chi connectivity index (χ3v) is 3.04. The minimum atomic E-state index is -0.525. The molecule has 0 saturated carbocycles. The summed E-state index contributed by atoms with van der Waals surface area (Å²) in [5.74, 6) is -0.525. The lowest BCUT2D eigenvalue weighted by atomic mass is 10.2. The van der Waals surface area contributed by atoms with Gasteiger partial charge >= 0.3 is 0 Å². The highest BCUT2D eigenvalue weighted by Gasteiger charge is 2.15. The molecule has 1 aromatic carbocycles. The summed E-state index contributed by atoms with van der Waals surface area (Å²) in [4.78, 5) is 12.0. The zero-order valence-electron chi connectivity index (χ0n) is 9.55. The van der Waals surface area contributed by atoms with Crippen LogP contribution in [0.1, 0.15) is 18.2 Å². The average Bonchev–Trinajstić information content (AvgIpc) is 2.57. The summed E-state index contributed by atoms with van der Waals surface area (Å²) in [6.07, 6.45) is 0.681. The van der Waals surface area contributed by atoms with Crippen molar-refractivity contribution in [3.8, 4) is 5.69 Å². The zero-order valence-corrected chi connectivity index (χ0v) is 10.3. The standard InChI is InChI=1S/C12H12ClFN2O/c1-3-10-7(2)12(17)16(15-10)11-8(13)5-4-6-9(11)14/h4-6,15H,3H2,1-2H3. The van der Waals surface area contributed by atoms with Crippen LogP contribution in [-0.2, 0) is 6.42 Å². The number of aryl methyl sites for hydroxylation is 1. The number of halogens is 2. The first kappa shape index (κ1) is 11.9. The van der Waals surface area contributed by atoms with Crippen LogP contribution in [0.4, 0.5) is 4.39 Å². The number of hydrogen-bond acceptors (Lipinski definition) is 1. The Kier molecular flexibility index (Phi) is 3.07. The van der Waals surface area contributed by atoms with Crippen molar-refractivity contribution in [1.29, 1.82) is 0 Å². The van der Waals surface area contributed by atoms with E-state index in [9.17, 15) is 9.18 Å². The maximum Gasteiger partial charge on any atom is 0.274 e. The van der Waals surface area contributed by atoms with Crippen molar-refractivity contribution in [2.24, 2.45) is 0 Å². The van der Waals surface area contributed by atoms with E-state index in [1.165, 1.54) is 12.1 Å². The number of hydrogen-bond donors (Lipinski definition) is 1. The number of H-pyrrole nitrogens is 1. The predicted molar refractivity (Wildman–Crippen MR) is 65.5 cm³/mol. The number of benzene rings is 1. The second-order valence-electron chi connectivity index (χ2n) is 3.78. The first-order chi connectivity index (χ1) is 8.06. The molecule has 90 valence electrons. The van der Waals surface area contributed by atoms with Crippen LogP contribution in [0, 0.1) is 12.7 Å². The fourth-order valence-corrected chi connectivity index (χ4v) is 2.02. The molecule has 3 nitrogen and oxygen atoms in total. The van der Waals surface area contributed by atoms with Gasteiger partial charge in [0.05, 0.1) is 5.02 Å². The van der Waals surface area contributed by atoms with E-state index in [0.29, 0.717) is 12.0 Å². The monoisotopic (exact) mass is 254 g/mol. The molecule has 0 aliphatic heterocycles. The van der Waals surface area contributed by atoms with Crippen molar-refractivity contribution in [3.63, 3.8) is 0 Å². The molecule has 0 amide bonds. The van der Waals surface area contributed by atoms with Crippen LogP contribution in [-0.4, -0.2) is 9.78 Å². The van der Waals surface area contributed by atoms with Gasteiger partial charge in [0.1, 0.15) is 11.5 Å². The highest BCUT2D eigenvalue weighted by molar-refractivity contribution is 6.32. The highest BCUT2D eigenvalue weighted by Crippen LogP contribution is 2.22. The summed E-state index contributed by atoms with van der Waals surface area (Å²) in [7, 11) is 0. The quantitative estimate of drug-likeness (QED) is 0.879. The van der Waals surface area contributed by atoms with Crippen LogP contribution in [0.15, 0.2) is 23.0 Å². The molecule has 0 radical (unpaired) electrons. The fraction of sp³-hybridized carbons (Fsp3) is 0.250. The second-order valence-corrected chi connectivity index (χ2v) is 4.19. The van der Waals surface area contributed by atoms with Gasteiger partial charge in [-0.1, -0.05) is 24.6 Å². The molecule has 0 atom stereocenters. The van der Waals surface area contributed by atoms with Crippen molar-refractivity contribution in [1.82, 2.24) is 9.78 Å². The third kappa shape index (κ3) is 1.89. The summed E-state index contributed by atoms with van der Waals surface area (Å²) in [6.45, 7) is 3.63. The first-order valence-corrected chi connectivity index (χ1v) is 5.69. The normalized spacial score (nSPS) is 10.8. The van der Waals surface area contributed by atoms with Crippen molar-refractivity contribution in [2.45, 2.75) is 20.3 Å². The van der Waals surface area contributed by atoms with E-state index in [1.54, 1.807) is 13.0 Å². The van der Waals surface area contributed by atoms with Gasteiger partial charge in [-0.15, -0.1) is 0 Å². The molecule has 0 saturated heterocycles. The SMILES string of the molecule is CCc1[nH]n(-c2c(F)cccc2Cl)c(=O)c1C. The average molecular weight is 255 g/mol. The molecular weight excluding hydrogens is 243 g/mol. The number of nitrogens with zero attached hydrogens (tertiary/aromatic N) is 1. The Hall–Kier alpha value is -1.55. The van der Waals surface area contributed by atoms with Gasteiger partial charge in [-0.3, -0.25) is 9.89 Å². The van der Waals surface area contributed by atoms with Gasteiger partial charge in [0.2, 0.25) is 0 Å². The van der Waals surface area contributed by atoms with Crippen LogP contribution in [0.25, 0.3) is 5.69 Å². The smallest absolute Gasteiger partial charge is 0.274 e. The summed E-state index contributed by atoms with van der Waals surface area (Å²) in [6, 6.07) is 4.33. The Morgan fingerprint density at radius 2 is 2.18 bits per heavy atom. The molecule has 0 fully saturated rings. The Labute approximate surface area is 103 Å². The minimum Gasteiger partial charge on any atom is -0.295 e. The summed E-state index contributed by atoms with van der Waals surface area (Å²) >= 11 is 5.92. The molecular formula is C12H12ClFN2O. The molecule has 0 spiro atoms. The zero-order chi connectivity index (χ0) is 12.6. The molecule has 1 aromatic heterocycles. The van der Waals surface area contributed by atoms with E-state index in [-0.39, 0.29) is 16.3 Å². The van der Waals surface area contributed by atoms with E-state index in [1.807, 2.05) is 6.92 Å². The van der Waals surface area contributed by atoms with E-state index >= 15 is 0 Å². The van der Waals surface area contributed by atoms with Gasteiger partial charge < -0.3 is 0 Å². The molecule has 17 heavy (non-hydrogen) atoms. The van der Waals surface area contributed by atoms with Crippen molar-refractivity contribution in [3.05, 3.63) is 50.7 Å². The van der Waals surface area contributed by atoms with Crippen LogP contribution >= 0.6 is 11.6 Å². The molecule has 1 N–H and O–H groups in total.